The average Bonchev–Trinajstić information content (AvgIpc) is 2.59. The topological polar surface area (TPSA) is 91.1 Å². The number of nitrogens with zero attached hydrogens (tertiary/aromatic N) is 4. The van der Waals surface area contributed by atoms with E-state index in [4.69, 9.17) is 5.26 Å². The lowest BCUT2D eigenvalue weighted by atomic mass is 9.97. The highest BCUT2D eigenvalue weighted by molar-refractivity contribution is 5.95. The molecule has 0 atom stereocenters. The molecule has 1 aromatic carbocycles. The molecule has 2 rings (SSSR count). The minimum absolute atomic E-state index is 0.0322. The summed E-state index contributed by atoms with van der Waals surface area (Å²) in [5.41, 5.74) is 2.30. The third kappa shape index (κ3) is 6.42. The summed E-state index contributed by atoms with van der Waals surface area (Å²) in [5, 5.41) is 10.4. The Balaban J connectivity index is 2.27. The van der Waals surface area contributed by atoms with Gasteiger partial charge in [0.25, 0.3) is 5.91 Å². The Hall–Kier alpha value is -3.35. The number of benzene rings is 1. The number of nitriles is 1. The van der Waals surface area contributed by atoms with Crippen LogP contribution in [0.4, 0.5) is 19.0 Å². The standard InChI is InChI=1S/C18H18F3N5O2/c1-17(2,3)11-26(15-7-8-23-14(10-22)24-15)25-16(27)12-5-4-6-13(9-12)28-18(19,20)21/h4-9H,11H2,1-3H3,(H,25,27). The number of hydrogen-bond donors (Lipinski definition) is 1. The molecule has 0 spiro atoms. The molecule has 0 aliphatic heterocycles. The molecule has 1 N–H and O–H groups in total. The van der Waals surface area contributed by atoms with E-state index in [1.54, 1.807) is 0 Å². The highest BCUT2D eigenvalue weighted by Crippen LogP contribution is 2.24. The van der Waals surface area contributed by atoms with E-state index in [9.17, 15) is 18.0 Å². The van der Waals surface area contributed by atoms with Gasteiger partial charge >= 0.3 is 6.36 Å². The maximum atomic E-state index is 12.6. The predicted molar refractivity (Wildman–Crippen MR) is 94.1 cm³/mol. The molecule has 0 aliphatic rings. The number of alkyl halides is 3. The molecule has 148 valence electrons. The first kappa shape index (κ1) is 21.0. The number of halogens is 3. The van der Waals surface area contributed by atoms with Gasteiger partial charge in [0.15, 0.2) is 5.82 Å². The van der Waals surface area contributed by atoms with E-state index in [0.717, 1.165) is 12.1 Å². The normalized spacial score (nSPS) is 11.5. The van der Waals surface area contributed by atoms with E-state index in [2.05, 4.69) is 20.1 Å². The molecular formula is C18H18F3N5O2. The van der Waals surface area contributed by atoms with E-state index in [1.807, 2.05) is 26.8 Å². The van der Waals surface area contributed by atoms with Gasteiger partial charge in [0.05, 0.1) is 0 Å². The first-order chi connectivity index (χ1) is 13.0. The van der Waals surface area contributed by atoms with Crippen molar-refractivity contribution in [1.29, 1.82) is 5.26 Å². The summed E-state index contributed by atoms with van der Waals surface area (Å²) in [5.74, 6) is -0.964. The first-order valence-corrected chi connectivity index (χ1v) is 8.14. The zero-order chi connectivity index (χ0) is 20.9. The monoisotopic (exact) mass is 393 g/mol. The molecule has 0 bridgehead atoms. The number of carbonyl (C=O) groups is 1. The third-order valence-corrected chi connectivity index (χ3v) is 3.22. The van der Waals surface area contributed by atoms with Crippen LogP contribution >= 0.6 is 0 Å². The fourth-order valence-corrected chi connectivity index (χ4v) is 2.23. The number of hydrogen-bond acceptors (Lipinski definition) is 6. The molecule has 2 aromatic rings. The minimum Gasteiger partial charge on any atom is -0.406 e. The molecule has 0 saturated heterocycles. The van der Waals surface area contributed by atoms with Gasteiger partial charge in [0, 0.05) is 24.4 Å². The van der Waals surface area contributed by atoms with Gasteiger partial charge in [0.1, 0.15) is 11.8 Å². The predicted octanol–water partition coefficient (Wildman–Crippen LogP) is 3.44. The maximum Gasteiger partial charge on any atom is 0.573 e. The number of carbonyl (C=O) groups excluding carboxylic acids is 1. The van der Waals surface area contributed by atoms with Crippen LogP contribution in [-0.4, -0.2) is 28.8 Å². The van der Waals surface area contributed by atoms with E-state index in [0.29, 0.717) is 6.54 Å². The van der Waals surface area contributed by atoms with Crippen molar-refractivity contribution in [3.05, 3.63) is 47.9 Å². The Morgan fingerprint density at radius 3 is 2.61 bits per heavy atom. The van der Waals surface area contributed by atoms with E-state index < -0.39 is 18.0 Å². The van der Waals surface area contributed by atoms with E-state index >= 15 is 0 Å². The second kappa shape index (κ2) is 8.12. The molecule has 0 unspecified atom stereocenters. The summed E-state index contributed by atoms with van der Waals surface area (Å²) in [7, 11) is 0. The van der Waals surface area contributed by atoms with Crippen LogP contribution in [0.25, 0.3) is 0 Å². The van der Waals surface area contributed by atoms with Crippen molar-refractivity contribution in [2.75, 3.05) is 11.6 Å². The Kier molecular flexibility index (Phi) is 6.08. The van der Waals surface area contributed by atoms with Gasteiger partial charge in [-0.25, -0.2) is 4.98 Å². The molecule has 0 fully saturated rings. The first-order valence-electron chi connectivity index (χ1n) is 8.14. The van der Waals surface area contributed by atoms with Crippen molar-refractivity contribution in [3.63, 3.8) is 0 Å². The minimum atomic E-state index is -4.86. The maximum absolute atomic E-state index is 12.6. The van der Waals surface area contributed by atoms with E-state index in [-0.39, 0.29) is 22.6 Å². The number of anilines is 1. The van der Waals surface area contributed by atoms with Crippen LogP contribution in [0.1, 0.15) is 37.0 Å². The van der Waals surface area contributed by atoms with Gasteiger partial charge in [-0.1, -0.05) is 26.8 Å². The summed E-state index contributed by atoms with van der Waals surface area (Å²) in [4.78, 5) is 20.4. The van der Waals surface area contributed by atoms with Crippen LogP contribution in [0.15, 0.2) is 36.5 Å². The Morgan fingerprint density at radius 1 is 1.29 bits per heavy atom. The van der Waals surface area contributed by atoms with Gasteiger partial charge in [-0.05, 0) is 23.6 Å². The van der Waals surface area contributed by atoms with Crippen molar-refractivity contribution in [2.45, 2.75) is 27.1 Å². The third-order valence-electron chi connectivity index (χ3n) is 3.22. The fourth-order valence-electron chi connectivity index (χ4n) is 2.23. The lowest BCUT2D eigenvalue weighted by Crippen LogP contribution is -2.47. The lowest BCUT2D eigenvalue weighted by Gasteiger charge is -2.31. The highest BCUT2D eigenvalue weighted by atomic mass is 19.4. The Morgan fingerprint density at radius 2 is 2.00 bits per heavy atom. The number of rotatable bonds is 5. The highest BCUT2D eigenvalue weighted by Gasteiger charge is 2.31. The van der Waals surface area contributed by atoms with Gasteiger partial charge in [0.2, 0.25) is 5.82 Å². The molecule has 1 amide bonds. The zero-order valence-electron chi connectivity index (χ0n) is 15.4. The van der Waals surface area contributed by atoms with Crippen molar-refractivity contribution in [3.8, 4) is 11.8 Å². The van der Waals surface area contributed by atoms with Crippen LogP contribution in [0.5, 0.6) is 5.75 Å². The average molecular weight is 393 g/mol. The fraction of sp³-hybridized carbons (Fsp3) is 0.333. The van der Waals surface area contributed by atoms with Crippen LogP contribution in [0.2, 0.25) is 0 Å². The van der Waals surface area contributed by atoms with Crippen LogP contribution in [0, 0.1) is 16.7 Å². The number of amides is 1. The number of hydrazine groups is 1. The van der Waals surface area contributed by atoms with Gasteiger partial charge in [-0.15, -0.1) is 13.2 Å². The molecule has 1 heterocycles. The number of ether oxygens (including phenoxy) is 1. The van der Waals surface area contributed by atoms with Crippen molar-refractivity contribution in [1.82, 2.24) is 15.4 Å². The molecular weight excluding hydrogens is 375 g/mol. The van der Waals surface area contributed by atoms with E-state index in [1.165, 1.54) is 29.4 Å². The van der Waals surface area contributed by atoms with Gasteiger partial charge in [-0.3, -0.25) is 15.2 Å². The molecule has 0 radical (unpaired) electrons. The Labute approximate surface area is 159 Å². The largest absolute Gasteiger partial charge is 0.573 e. The molecule has 28 heavy (non-hydrogen) atoms. The summed E-state index contributed by atoms with van der Waals surface area (Å²) >= 11 is 0. The van der Waals surface area contributed by atoms with Crippen molar-refractivity contribution < 1.29 is 22.7 Å². The van der Waals surface area contributed by atoms with Crippen LogP contribution < -0.4 is 15.2 Å². The number of aromatic nitrogens is 2. The number of nitrogens with one attached hydrogen (secondary N) is 1. The summed E-state index contributed by atoms with van der Waals surface area (Å²) in [6.45, 7) is 6.10. The lowest BCUT2D eigenvalue weighted by molar-refractivity contribution is -0.274. The van der Waals surface area contributed by atoms with Gasteiger partial charge < -0.3 is 4.74 Å². The molecule has 0 saturated carbocycles. The molecule has 0 aliphatic carbocycles. The van der Waals surface area contributed by atoms with Crippen molar-refractivity contribution in [2.24, 2.45) is 5.41 Å². The SMILES string of the molecule is CC(C)(C)CN(NC(=O)c1cccc(OC(F)(F)F)c1)c1ccnc(C#N)n1. The second-order valence-electron chi connectivity index (χ2n) is 7.01. The molecule has 1 aromatic heterocycles. The summed E-state index contributed by atoms with van der Waals surface area (Å²) < 4.78 is 41.0. The van der Waals surface area contributed by atoms with Crippen LogP contribution in [-0.2, 0) is 0 Å². The van der Waals surface area contributed by atoms with Crippen molar-refractivity contribution >= 4 is 11.7 Å². The van der Waals surface area contributed by atoms with Gasteiger partial charge in [-0.2, -0.15) is 10.2 Å². The zero-order valence-corrected chi connectivity index (χ0v) is 15.4. The Bertz CT molecular complexity index is 888. The summed E-state index contributed by atoms with van der Waals surface area (Å²) in [6.07, 6.45) is -3.48. The second-order valence-corrected chi connectivity index (χ2v) is 7.01. The van der Waals surface area contributed by atoms with Crippen LogP contribution in [0.3, 0.4) is 0 Å². The summed E-state index contributed by atoms with van der Waals surface area (Å²) in [6, 6.07) is 8.04. The molecule has 10 heteroatoms. The molecule has 7 nitrogen and oxygen atoms in total. The quantitative estimate of drug-likeness (QED) is 0.783. The smallest absolute Gasteiger partial charge is 0.406 e.